The largest absolute Gasteiger partial charge is 0.495 e. The zero-order valence-electron chi connectivity index (χ0n) is 16.4. The van der Waals surface area contributed by atoms with Crippen LogP contribution in [0, 0.1) is 5.92 Å². The number of sulfonamides is 1. The number of amides is 1. The van der Waals surface area contributed by atoms with Crippen LogP contribution in [0.3, 0.4) is 0 Å². The molecule has 0 saturated carbocycles. The fourth-order valence-corrected chi connectivity index (χ4v) is 4.52. The number of carbonyl (C=O) groups is 1. The van der Waals surface area contributed by atoms with Crippen LogP contribution in [-0.4, -0.2) is 52.0 Å². The lowest BCUT2D eigenvalue weighted by atomic mass is 9.98. The normalized spacial score (nSPS) is 16.7. The third kappa shape index (κ3) is 5.43. The van der Waals surface area contributed by atoms with Gasteiger partial charge in [-0.15, -0.1) is 0 Å². The number of nitrogens with zero attached hydrogens (tertiary/aromatic N) is 1. The highest BCUT2D eigenvalue weighted by molar-refractivity contribution is 7.89. The molecule has 7 nitrogen and oxygen atoms in total. The summed E-state index contributed by atoms with van der Waals surface area (Å²) in [5.74, 6) is 0.231. The number of methoxy groups -OCH3 is 1. The van der Waals surface area contributed by atoms with Gasteiger partial charge < -0.3 is 14.8 Å². The third-order valence-electron chi connectivity index (χ3n) is 4.81. The van der Waals surface area contributed by atoms with E-state index in [2.05, 4.69) is 12.2 Å². The Labute approximate surface area is 162 Å². The SMILES string of the molecule is CCCC[C@H](CC)C(=O)Nc1cc(S(=O)(=O)N2CCOCC2)ccc1OC. The second-order valence-corrected chi connectivity index (χ2v) is 8.55. The predicted octanol–water partition coefficient (Wildman–Crippen LogP) is 2.87. The number of morpholine rings is 1. The number of rotatable bonds is 9. The summed E-state index contributed by atoms with van der Waals surface area (Å²) in [7, 11) is -2.14. The van der Waals surface area contributed by atoms with Crippen LogP contribution >= 0.6 is 0 Å². The van der Waals surface area contributed by atoms with Crippen LogP contribution in [0.15, 0.2) is 23.1 Å². The van der Waals surface area contributed by atoms with E-state index in [9.17, 15) is 13.2 Å². The first-order valence-corrected chi connectivity index (χ1v) is 10.9. The number of hydrogen-bond donors (Lipinski definition) is 1. The van der Waals surface area contributed by atoms with Crippen molar-refractivity contribution >= 4 is 21.6 Å². The molecule has 8 heteroatoms. The standard InChI is InChI=1S/C19H30N2O5S/c1-4-6-7-15(5-2)19(22)20-17-14-16(8-9-18(17)25-3)27(23,24)21-10-12-26-13-11-21/h8-9,14-15H,4-7,10-13H2,1-3H3,(H,20,22)/t15-/m0/s1. The minimum absolute atomic E-state index is 0.103. The number of nitrogens with one attached hydrogen (secondary N) is 1. The second-order valence-electron chi connectivity index (χ2n) is 6.62. The third-order valence-corrected chi connectivity index (χ3v) is 6.70. The van der Waals surface area contributed by atoms with E-state index in [4.69, 9.17) is 9.47 Å². The highest BCUT2D eigenvalue weighted by Gasteiger charge is 2.27. The van der Waals surface area contributed by atoms with Crippen molar-refractivity contribution in [2.24, 2.45) is 5.92 Å². The monoisotopic (exact) mass is 398 g/mol. The van der Waals surface area contributed by atoms with Crippen molar-refractivity contribution in [1.82, 2.24) is 4.31 Å². The van der Waals surface area contributed by atoms with Gasteiger partial charge in [0, 0.05) is 19.0 Å². The Kier molecular flexibility index (Phi) is 8.07. The number of unbranched alkanes of at least 4 members (excludes halogenated alkanes) is 1. The van der Waals surface area contributed by atoms with Gasteiger partial charge in [-0.1, -0.05) is 26.7 Å². The molecular formula is C19H30N2O5S. The number of hydrogen-bond acceptors (Lipinski definition) is 5. The van der Waals surface area contributed by atoms with Crippen molar-refractivity contribution in [3.8, 4) is 5.75 Å². The Balaban J connectivity index is 2.25. The Morgan fingerprint density at radius 3 is 2.59 bits per heavy atom. The molecular weight excluding hydrogens is 368 g/mol. The molecule has 1 fully saturated rings. The van der Waals surface area contributed by atoms with Crippen molar-refractivity contribution in [3.63, 3.8) is 0 Å². The van der Waals surface area contributed by atoms with Gasteiger partial charge in [0.05, 0.1) is 30.9 Å². The molecule has 2 rings (SSSR count). The van der Waals surface area contributed by atoms with Crippen LogP contribution in [-0.2, 0) is 19.6 Å². The molecule has 1 aromatic rings. The van der Waals surface area contributed by atoms with Crippen molar-refractivity contribution in [3.05, 3.63) is 18.2 Å². The quantitative estimate of drug-likeness (QED) is 0.691. The van der Waals surface area contributed by atoms with Gasteiger partial charge in [0.15, 0.2) is 0 Å². The maximum Gasteiger partial charge on any atom is 0.243 e. The van der Waals surface area contributed by atoms with Crippen LogP contribution < -0.4 is 10.1 Å². The number of benzene rings is 1. The molecule has 1 aliphatic rings. The van der Waals surface area contributed by atoms with E-state index in [0.29, 0.717) is 37.7 Å². The van der Waals surface area contributed by atoms with E-state index in [1.165, 1.54) is 23.5 Å². The summed E-state index contributed by atoms with van der Waals surface area (Å²) >= 11 is 0. The van der Waals surface area contributed by atoms with Crippen LogP contribution in [0.4, 0.5) is 5.69 Å². The van der Waals surface area contributed by atoms with Gasteiger partial charge in [0.2, 0.25) is 15.9 Å². The molecule has 1 aromatic carbocycles. The topological polar surface area (TPSA) is 84.9 Å². The molecule has 0 spiro atoms. The lowest BCUT2D eigenvalue weighted by Crippen LogP contribution is -2.40. The van der Waals surface area contributed by atoms with E-state index in [0.717, 1.165) is 25.7 Å². The van der Waals surface area contributed by atoms with Crippen LogP contribution in [0.2, 0.25) is 0 Å². The molecule has 27 heavy (non-hydrogen) atoms. The number of carbonyl (C=O) groups excluding carboxylic acids is 1. The first kappa shape index (κ1) is 21.7. The minimum Gasteiger partial charge on any atom is -0.495 e. The molecule has 152 valence electrons. The van der Waals surface area contributed by atoms with Crippen molar-refractivity contribution in [2.75, 3.05) is 38.7 Å². The summed E-state index contributed by atoms with van der Waals surface area (Å²) in [5, 5.41) is 2.87. The average molecular weight is 399 g/mol. The summed E-state index contributed by atoms with van der Waals surface area (Å²) in [6, 6.07) is 4.57. The molecule has 1 heterocycles. The van der Waals surface area contributed by atoms with E-state index in [1.54, 1.807) is 6.07 Å². The van der Waals surface area contributed by atoms with Gasteiger partial charge in [0.1, 0.15) is 5.75 Å². The van der Waals surface area contributed by atoms with E-state index < -0.39 is 10.0 Å². The van der Waals surface area contributed by atoms with E-state index >= 15 is 0 Å². The minimum atomic E-state index is -3.64. The summed E-state index contributed by atoms with van der Waals surface area (Å²) in [6.07, 6.45) is 3.56. The van der Waals surface area contributed by atoms with Gasteiger partial charge in [-0.3, -0.25) is 4.79 Å². The molecule has 1 amide bonds. The Morgan fingerprint density at radius 1 is 1.30 bits per heavy atom. The van der Waals surface area contributed by atoms with Crippen molar-refractivity contribution in [1.29, 1.82) is 0 Å². The van der Waals surface area contributed by atoms with E-state index in [1.807, 2.05) is 6.92 Å². The first-order chi connectivity index (χ1) is 12.9. The smallest absolute Gasteiger partial charge is 0.243 e. The highest BCUT2D eigenvalue weighted by Crippen LogP contribution is 2.30. The molecule has 1 atom stereocenters. The Morgan fingerprint density at radius 2 is 2.00 bits per heavy atom. The molecule has 0 unspecified atom stereocenters. The van der Waals surface area contributed by atoms with E-state index in [-0.39, 0.29) is 16.7 Å². The fraction of sp³-hybridized carbons (Fsp3) is 0.632. The van der Waals surface area contributed by atoms with Crippen molar-refractivity contribution in [2.45, 2.75) is 44.4 Å². The Bertz CT molecular complexity index is 730. The summed E-state index contributed by atoms with van der Waals surface area (Å²) in [4.78, 5) is 12.8. The zero-order valence-corrected chi connectivity index (χ0v) is 17.2. The maximum absolute atomic E-state index is 12.9. The lowest BCUT2D eigenvalue weighted by molar-refractivity contribution is -0.120. The lowest BCUT2D eigenvalue weighted by Gasteiger charge is -2.26. The second kappa shape index (κ2) is 10.1. The average Bonchev–Trinajstić information content (AvgIpc) is 2.69. The summed E-state index contributed by atoms with van der Waals surface area (Å²) < 4.78 is 37.7. The zero-order chi connectivity index (χ0) is 19.9. The summed E-state index contributed by atoms with van der Waals surface area (Å²) in [6.45, 7) is 5.49. The predicted molar refractivity (Wildman–Crippen MR) is 105 cm³/mol. The molecule has 1 N–H and O–H groups in total. The van der Waals surface area contributed by atoms with Gasteiger partial charge in [-0.2, -0.15) is 4.31 Å². The van der Waals surface area contributed by atoms with Gasteiger partial charge in [-0.05, 0) is 31.0 Å². The first-order valence-electron chi connectivity index (χ1n) is 9.50. The van der Waals surface area contributed by atoms with Gasteiger partial charge in [-0.25, -0.2) is 8.42 Å². The van der Waals surface area contributed by atoms with Gasteiger partial charge in [0.25, 0.3) is 0 Å². The molecule has 0 bridgehead atoms. The number of ether oxygens (including phenoxy) is 2. The van der Waals surface area contributed by atoms with Crippen LogP contribution in [0.1, 0.15) is 39.5 Å². The molecule has 0 aliphatic carbocycles. The molecule has 1 saturated heterocycles. The molecule has 0 aromatic heterocycles. The fourth-order valence-electron chi connectivity index (χ4n) is 3.09. The molecule has 0 radical (unpaired) electrons. The maximum atomic E-state index is 12.9. The van der Waals surface area contributed by atoms with Crippen LogP contribution in [0.25, 0.3) is 0 Å². The van der Waals surface area contributed by atoms with Crippen LogP contribution in [0.5, 0.6) is 5.75 Å². The van der Waals surface area contributed by atoms with Crippen molar-refractivity contribution < 1.29 is 22.7 Å². The summed E-state index contributed by atoms with van der Waals surface area (Å²) in [5.41, 5.74) is 0.381. The highest BCUT2D eigenvalue weighted by atomic mass is 32.2. The Hall–Kier alpha value is -1.64. The number of anilines is 1. The van der Waals surface area contributed by atoms with Gasteiger partial charge >= 0.3 is 0 Å². The molecule has 1 aliphatic heterocycles.